The lowest BCUT2D eigenvalue weighted by atomic mass is 10.2. The monoisotopic (exact) mass is 396 g/mol. The molecule has 1 aromatic heterocycles. The summed E-state index contributed by atoms with van der Waals surface area (Å²) in [5.74, 6) is 0.0157. The maximum atomic E-state index is 13.8. The van der Waals surface area contributed by atoms with Gasteiger partial charge in [-0.3, -0.25) is 4.99 Å². The summed E-state index contributed by atoms with van der Waals surface area (Å²) in [6.07, 6.45) is 1.67. The molecule has 0 amide bonds. The molecular formula is C22H22F2N4O. The highest BCUT2D eigenvalue weighted by atomic mass is 19.1. The average Bonchev–Trinajstić information content (AvgIpc) is 2.76. The molecule has 0 bridgehead atoms. The largest absolute Gasteiger partial charge is 0.473 e. The zero-order valence-electron chi connectivity index (χ0n) is 16.0. The second-order valence-electron chi connectivity index (χ2n) is 6.26. The number of nitrogens with zero attached hydrogens (tertiary/aromatic N) is 2. The number of aromatic nitrogens is 1. The number of nitrogens with one attached hydrogen (secondary N) is 2. The van der Waals surface area contributed by atoms with Crippen molar-refractivity contribution in [3.05, 3.63) is 95.2 Å². The molecule has 2 aromatic carbocycles. The van der Waals surface area contributed by atoms with Gasteiger partial charge in [-0.15, -0.1) is 0 Å². The minimum absolute atomic E-state index is 0.105. The minimum atomic E-state index is -0.485. The fraction of sp³-hybridized carbons (Fsp3) is 0.182. The zero-order valence-corrected chi connectivity index (χ0v) is 16.0. The molecule has 0 saturated heterocycles. The van der Waals surface area contributed by atoms with Crippen molar-refractivity contribution in [3.63, 3.8) is 0 Å². The number of guanidine groups is 1. The Bertz CT molecular complexity index is 964. The number of rotatable bonds is 7. The third kappa shape index (κ3) is 6.00. The van der Waals surface area contributed by atoms with Crippen LogP contribution in [0, 0.1) is 11.6 Å². The molecule has 1 heterocycles. The maximum absolute atomic E-state index is 13.8. The summed E-state index contributed by atoms with van der Waals surface area (Å²) in [6, 6.07) is 16.9. The van der Waals surface area contributed by atoms with E-state index in [4.69, 9.17) is 4.74 Å². The fourth-order valence-corrected chi connectivity index (χ4v) is 2.67. The van der Waals surface area contributed by atoms with Gasteiger partial charge in [-0.05, 0) is 29.8 Å². The van der Waals surface area contributed by atoms with Crippen LogP contribution >= 0.6 is 0 Å². The van der Waals surface area contributed by atoms with Crippen molar-refractivity contribution >= 4 is 5.96 Å². The van der Waals surface area contributed by atoms with Gasteiger partial charge < -0.3 is 15.4 Å². The summed E-state index contributed by atoms with van der Waals surface area (Å²) in [7, 11) is 1.60. The Balaban J connectivity index is 1.57. The van der Waals surface area contributed by atoms with E-state index in [1.807, 2.05) is 42.5 Å². The Kier molecular flexibility index (Phi) is 7.10. The first kappa shape index (κ1) is 20.3. The van der Waals surface area contributed by atoms with Crippen LogP contribution in [0.3, 0.4) is 0 Å². The van der Waals surface area contributed by atoms with E-state index in [0.717, 1.165) is 29.3 Å². The standard InChI is InChI=1S/C22H22F2N4O/c1-25-22(28-14-18-12-19(23)9-10-20(18)24)27-13-17-8-5-11-26-21(17)29-15-16-6-3-2-4-7-16/h2-12H,13-15H2,1H3,(H2,25,27,28). The molecule has 3 rings (SSSR count). The number of pyridine rings is 1. The van der Waals surface area contributed by atoms with E-state index in [0.29, 0.717) is 25.0 Å². The van der Waals surface area contributed by atoms with E-state index >= 15 is 0 Å². The van der Waals surface area contributed by atoms with E-state index in [9.17, 15) is 8.78 Å². The Morgan fingerprint density at radius 1 is 0.966 bits per heavy atom. The minimum Gasteiger partial charge on any atom is -0.473 e. The molecule has 150 valence electrons. The summed E-state index contributed by atoms with van der Waals surface area (Å²) in [6.45, 7) is 0.924. The summed E-state index contributed by atoms with van der Waals surface area (Å²) >= 11 is 0. The van der Waals surface area contributed by atoms with Gasteiger partial charge in [0.2, 0.25) is 5.88 Å². The lowest BCUT2D eigenvalue weighted by molar-refractivity contribution is 0.290. The Morgan fingerprint density at radius 2 is 1.72 bits per heavy atom. The summed E-state index contributed by atoms with van der Waals surface area (Å²) in [4.78, 5) is 8.41. The third-order valence-corrected chi connectivity index (χ3v) is 4.19. The predicted octanol–water partition coefficient (Wildman–Crippen LogP) is 3.80. The summed E-state index contributed by atoms with van der Waals surface area (Å²) < 4.78 is 32.9. The average molecular weight is 396 g/mol. The van der Waals surface area contributed by atoms with E-state index in [1.54, 1.807) is 13.2 Å². The number of hydrogen-bond acceptors (Lipinski definition) is 3. The molecule has 7 heteroatoms. The first-order chi connectivity index (χ1) is 14.2. The summed E-state index contributed by atoms with van der Waals surface area (Å²) in [5, 5.41) is 6.10. The van der Waals surface area contributed by atoms with Crippen LogP contribution in [0.1, 0.15) is 16.7 Å². The van der Waals surface area contributed by atoms with Gasteiger partial charge in [0.1, 0.15) is 18.2 Å². The van der Waals surface area contributed by atoms with E-state index < -0.39 is 11.6 Å². The Hall–Kier alpha value is -3.48. The molecule has 29 heavy (non-hydrogen) atoms. The summed E-state index contributed by atoms with van der Waals surface area (Å²) in [5.41, 5.74) is 2.12. The number of ether oxygens (including phenoxy) is 1. The lowest BCUT2D eigenvalue weighted by Crippen LogP contribution is -2.36. The van der Waals surface area contributed by atoms with Crippen LogP contribution in [0.2, 0.25) is 0 Å². The van der Waals surface area contributed by atoms with Crippen LogP contribution in [0.5, 0.6) is 5.88 Å². The van der Waals surface area contributed by atoms with Crippen LogP contribution in [-0.4, -0.2) is 18.0 Å². The molecule has 0 unspecified atom stereocenters. The van der Waals surface area contributed by atoms with Crippen LogP contribution in [0.15, 0.2) is 71.9 Å². The molecule has 0 aliphatic rings. The normalized spacial score (nSPS) is 11.2. The van der Waals surface area contributed by atoms with Gasteiger partial charge in [0.15, 0.2) is 5.96 Å². The maximum Gasteiger partial charge on any atom is 0.218 e. The highest BCUT2D eigenvalue weighted by Gasteiger charge is 2.08. The molecular weight excluding hydrogens is 374 g/mol. The second kappa shape index (κ2) is 10.2. The molecule has 0 spiro atoms. The first-order valence-corrected chi connectivity index (χ1v) is 9.15. The Morgan fingerprint density at radius 3 is 2.48 bits per heavy atom. The molecule has 0 radical (unpaired) electrons. The highest BCUT2D eigenvalue weighted by Crippen LogP contribution is 2.16. The van der Waals surface area contributed by atoms with Gasteiger partial charge in [0.05, 0.1) is 0 Å². The quantitative estimate of drug-likeness (QED) is 0.471. The number of hydrogen-bond donors (Lipinski definition) is 2. The smallest absolute Gasteiger partial charge is 0.218 e. The van der Waals surface area contributed by atoms with Crippen LogP contribution in [0.25, 0.3) is 0 Å². The van der Waals surface area contributed by atoms with Crippen molar-refractivity contribution in [2.75, 3.05) is 7.05 Å². The second-order valence-corrected chi connectivity index (χ2v) is 6.26. The van der Waals surface area contributed by atoms with Gasteiger partial charge in [0, 0.05) is 37.5 Å². The lowest BCUT2D eigenvalue weighted by Gasteiger charge is -2.14. The van der Waals surface area contributed by atoms with Crippen molar-refractivity contribution in [2.24, 2.45) is 4.99 Å². The molecule has 2 N–H and O–H groups in total. The van der Waals surface area contributed by atoms with Crippen molar-refractivity contribution < 1.29 is 13.5 Å². The molecule has 0 atom stereocenters. The fourth-order valence-electron chi connectivity index (χ4n) is 2.67. The molecule has 0 fully saturated rings. The van der Waals surface area contributed by atoms with Crippen molar-refractivity contribution in [1.82, 2.24) is 15.6 Å². The van der Waals surface area contributed by atoms with Crippen molar-refractivity contribution in [1.29, 1.82) is 0 Å². The zero-order chi connectivity index (χ0) is 20.5. The predicted molar refractivity (Wildman–Crippen MR) is 108 cm³/mol. The van der Waals surface area contributed by atoms with Crippen LogP contribution < -0.4 is 15.4 Å². The van der Waals surface area contributed by atoms with Gasteiger partial charge in [0.25, 0.3) is 0 Å². The van der Waals surface area contributed by atoms with Crippen LogP contribution in [-0.2, 0) is 19.7 Å². The number of aliphatic imine (C=N–C) groups is 1. The number of halogens is 2. The van der Waals surface area contributed by atoms with Gasteiger partial charge in [-0.1, -0.05) is 36.4 Å². The van der Waals surface area contributed by atoms with E-state index in [1.165, 1.54) is 0 Å². The third-order valence-electron chi connectivity index (χ3n) is 4.19. The van der Waals surface area contributed by atoms with Crippen molar-refractivity contribution in [2.45, 2.75) is 19.7 Å². The molecule has 0 saturated carbocycles. The van der Waals surface area contributed by atoms with Gasteiger partial charge >= 0.3 is 0 Å². The molecule has 5 nitrogen and oxygen atoms in total. The van der Waals surface area contributed by atoms with E-state index in [-0.39, 0.29) is 12.1 Å². The van der Waals surface area contributed by atoms with Gasteiger partial charge in [-0.2, -0.15) is 0 Å². The topological polar surface area (TPSA) is 58.5 Å². The molecule has 0 aliphatic carbocycles. The van der Waals surface area contributed by atoms with Gasteiger partial charge in [-0.25, -0.2) is 13.8 Å². The number of benzene rings is 2. The van der Waals surface area contributed by atoms with Crippen LogP contribution in [0.4, 0.5) is 8.78 Å². The molecule has 3 aromatic rings. The van der Waals surface area contributed by atoms with E-state index in [2.05, 4.69) is 20.6 Å². The highest BCUT2D eigenvalue weighted by molar-refractivity contribution is 5.79. The van der Waals surface area contributed by atoms with Crippen molar-refractivity contribution in [3.8, 4) is 5.88 Å². The SMILES string of the molecule is CN=C(NCc1cc(F)ccc1F)NCc1cccnc1OCc1ccccc1. The Labute approximate surface area is 168 Å². The first-order valence-electron chi connectivity index (χ1n) is 9.15. The molecule has 0 aliphatic heterocycles.